The van der Waals surface area contributed by atoms with E-state index in [2.05, 4.69) is 0 Å². The lowest BCUT2D eigenvalue weighted by atomic mass is 10.0. The number of hydrogen-bond donors (Lipinski definition) is 1. The Kier molecular flexibility index (Phi) is 3.73. The zero-order valence-corrected chi connectivity index (χ0v) is 13.2. The van der Waals surface area contributed by atoms with Gasteiger partial charge in [0.25, 0.3) is 0 Å². The van der Waals surface area contributed by atoms with Gasteiger partial charge >= 0.3 is 5.97 Å². The van der Waals surface area contributed by atoms with Crippen molar-refractivity contribution < 1.29 is 32.5 Å². The van der Waals surface area contributed by atoms with Crippen molar-refractivity contribution in [2.75, 3.05) is 0 Å². The van der Waals surface area contributed by atoms with E-state index in [1.807, 2.05) is 0 Å². The molecule has 0 bridgehead atoms. The fraction of sp³-hybridized carbons (Fsp3) is 0.188. The van der Waals surface area contributed by atoms with Crippen molar-refractivity contribution in [3.05, 3.63) is 57.4 Å². The van der Waals surface area contributed by atoms with Gasteiger partial charge in [-0.25, -0.2) is 13.6 Å². The molecule has 0 fully saturated rings. The highest BCUT2D eigenvalue weighted by Gasteiger charge is 2.40. The molecule has 1 aliphatic rings. The Morgan fingerprint density at radius 2 is 1.88 bits per heavy atom. The van der Waals surface area contributed by atoms with Gasteiger partial charge in [0, 0.05) is 18.1 Å². The molecular weight excluding hydrogens is 349 g/mol. The van der Waals surface area contributed by atoms with Crippen LogP contribution in [0.1, 0.15) is 28.4 Å². The molecule has 2 aromatic carbocycles. The van der Waals surface area contributed by atoms with Crippen LogP contribution in [0.3, 0.4) is 0 Å². The molecule has 1 unspecified atom stereocenters. The zero-order chi connectivity index (χ0) is 17.8. The Bertz CT molecular complexity index is 851. The molecular formula is C16H10ClF3O4. The van der Waals surface area contributed by atoms with Gasteiger partial charge in [0.2, 0.25) is 11.6 Å². The van der Waals surface area contributed by atoms with Crippen molar-refractivity contribution in [1.29, 1.82) is 0 Å². The first kappa shape index (κ1) is 16.6. The molecule has 1 N–H and O–H groups in total. The minimum atomic E-state index is -1.89. The first-order valence-corrected chi connectivity index (χ1v) is 7.12. The average Bonchev–Trinajstić information content (AvgIpc) is 2.77. The summed E-state index contributed by atoms with van der Waals surface area (Å²) in [5, 5.41) is 9.31. The third kappa shape index (κ3) is 2.40. The zero-order valence-electron chi connectivity index (χ0n) is 12.4. The first-order valence-electron chi connectivity index (χ1n) is 6.74. The Hall–Kier alpha value is -2.25. The first-order chi connectivity index (χ1) is 11.1. The van der Waals surface area contributed by atoms with Crippen molar-refractivity contribution in [2.45, 2.75) is 19.6 Å². The quantitative estimate of drug-likeness (QED) is 0.646. The molecule has 0 radical (unpaired) electrons. The Labute approximate surface area is 139 Å². The van der Waals surface area contributed by atoms with E-state index < -0.39 is 45.5 Å². The minimum Gasteiger partial charge on any atom is -0.452 e. The van der Waals surface area contributed by atoms with Gasteiger partial charge in [-0.2, -0.15) is 4.39 Å². The maximum atomic E-state index is 14.0. The third-order valence-electron chi connectivity index (χ3n) is 3.66. The van der Waals surface area contributed by atoms with Gasteiger partial charge in [0.05, 0.1) is 5.56 Å². The monoisotopic (exact) mass is 358 g/mol. The number of halogens is 4. The molecule has 0 saturated heterocycles. The summed E-state index contributed by atoms with van der Waals surface area (Å²) in [6.07, 6.45) is 0. The summed E-state index contributed by atoms with van der Waals surface area (Å²) in [7, 11) is 0. The van der Waals surface area contributed by atoms with E-state index in [1.165, 1.54) is 25.1 Å². The predicted octanol–water partition coefficient (Wildman–Crippen LogP) is 4.19. The van der Waals surface area contributed by atoms with E-state index in [1.54, 1.807) is 0 Å². The van der Waals surface area contributed by atoms with Gasteiger partial charge in [0.15, 0.2) is 17.4 Å². The predicted molar refractivity (Wildman–Crippen MR) is 77.6 cm³/mol. The molecule has 2 aromatic rings. The van der Waals surface area contributed by atoms with Crippen LogP contribution in [0, 0.1) is 24.4 Å². The number of ether oxygens (including phenoxy) is 2. The maximum Gasteiger partial charge on any atom is 0.341 e. The Morgan fingerprint density at radius 1 is 1.21 bits per heavy atom. The molecule has 4 nitrogen and oxygen atoms in total. The van der Waals surface area contributed by atoms with Gasteiger partial charge in [-0.3, -0.25) is 0 Å². The number of esters is 1. The topological polar surface area (TPSA) is 55.8 Å². The molecule has 0 aromatic heterocycles. The second-order valence-corrected chi connectivity index (χ2v) is 5.77. The number of carbonyl (C=O) groups excluding carboxylic acids is 1. The molecule has 24 heavy (non-hydrogen) atoms. The Balaban J connectivity index is 2.07. The van der Waals surface area contributed by atoms with Gasteiger partial charge in [-0.15, -0.1) is 0 Å². The standard InChI is InChI=1S/C16H10ClF3O4/c1-6-11(18)10(17)14(13(20)12(6)19)23-7-3-4-8-9(5-7)16(2,22)24-15(8)21/h3-5,22H,1-2H3. The maximum absolute atomic E-state index is 14.0. The molecule has 126 valence electrons. The molecule has 0 aliphatic carbocycles. The molecule has 0 spiro atoms. The third-order valence-corrected chi connectivity index (χ3v) is 4.00. The molecule has 1 atom stereocenters. The van der Waals surface area contributed by atoms with Crippen molar-refractivity contribution in [3.63, 3.8) is 0 Å². The second-order valence-electron chi connectivity index (χ2n) is 5.39. The van der Waals surface area contributed by atoms with E-state index >= 15 is 0 Å². The van der Waals surface area contributed by atoms with Gasteiger partial charge < -0.3 is 14.6 Å². The fourth-order valence-corrected chi connectivity index (χ4v) is 2.63. The lowest BCUT2D eigenvalue weighted by Gasteiger charge is -2.17. The lowest BCUT2D eigenvalue weighted by Crippen LogP contribution is -2.20. The Morgan fingerprint density at radius 3 is 2.54 bits per heavy atom. The summed E-state index contributed by atoms with van der Waals surface area (Å²) in [6.45, 7) is 2.28. The highest BCUT2D eigenvalue weighted by atomic mass is 35.5. The van der Waals surface area contributed by atoms with Crippen LogP contribution in [0.5, 0.6) is 11.5 Å². The van der Waals surface area contributed by atoms with Crippen LogP contribution < -0.4 is 4.74 Å². The van der Waals surface area contributed by atoms with Crippen LogP contribution in [0.25, 0.3) is 0 Å². The summed E-state index contributed by atoms with van der Waals surface area (Å²) in [4.78, 5) is 11.6. The van der Waals surface area contributed by atoms with E-state index in [4.69, 9.17) is 21.1 Å². The molecule has 8 heteroatoms. The number of carbonyl (C=O) groups is 1. The van der Waals surface area contributed by atoms with Crippen LogP contribution in [0.4, 0.5) is 13.2 Å². The van der Waals surface area contributed by atoms with Crippen molar-refractivity contribution in [1.82, 2.24) is 0 Å². The molecule has 3 rings (SSSR count). The SMILES string of the molecule is Cc1c(F)c(F)c(Oc2ccc3c(c2)C(C)(O)OC3=O)c(Cl)c1F. The van der Waals surface area contributed by atoms with E-state index in [0.717, 1.165) is 6.92 Å². The lowest BCUT2D eigenvalue weighted by molar-refractivity contribution is -0.147. The van der Waals surface area contributed by atoms with E-state index in [0.29, 0.717) is 0 Å². The fourth-order valence-electron chi connectivity index (χ4n) is 2.37. The number of rotatable bonds is 2. The molecule has 0 amide bonds. The van der Waals surface area contributed by atoms with Gasteiger partial charge in [0.1, 0.15) is 10.8 Å². The summed E-state index contributed by atoms with van der Waals surface area (Å²) < 4.78 is 51.4. The molecule has 1 heterocycles. The van der Waals surface area contributed by atoms with Crippen LogP contribution in [-0.2, 0) is 10.5 Å². The van der Waals surface area contributed by atoms with Gasteiger partial charge in [-0.1, -0.05) is 11.6 Å². The number of benzene rings is 2. The number of fused-ring (bicyclic) bond motifs is 1. The summed E-state index contributed by atoms with van der Waals surface area (Å²) >= 11 is 5.69. The molecule has 0 saturated carbocycles. The largest absolute Gasteiger partial charge is 0.452 e. The van der Waals surface area contributed by atoms with Crippen molar-refractivity contribution >= 4 is 17.6 Å². The number of cyclic esters (lactones) is 1. The second kappa shape index (κ2) is 5.39. The summed E-state index contributed by atoms with van der Waals surface area (Å²) in [6, 6.07) is 3.74. The molecule has 1 aliphatic heterocycles. The highest BCUT2D eigenvalue weighted by molar-refractivity contribution is 6.32. The van der Waals surface area contributed by atoms with Crippen LogP contribution in [-0.4, -0.2) is 11.1 Å². The minimum absolute atomic E-state index is 0.0783. The average molecular weight is 359 g/mol. The highest BCUT2D eigenvalue weighted by Crippen LogP contribution is 2.40. The number of hydrogen-bond acceptors (Lipinski definition) is 4. The van der Waals surface area contributed by atoms with E-state index in [9.17, 15) is 23.1 Å². The van der Waals surface area contributed by atoms with Crippen LogP contribution in [0.15, 0.2) is 18.2 Å². The van der Waals surface area contributed by atoms with Gasteiger partial charge in [-0.05, 0) is 25.1 Å². The smallest absolute Gasteiger partial charge is 0.341 e. The number of aliphatic hydroxyl groups is 1. The van der Waals surface area contributed by atoms with Crippen molar-refractivity contribution in [3.8, 4) is 11.5 Å². The summed E-state index contributed by atoms with van der Waals surface area (Å²) in [5.41, 5.74) is -0.393. The van der Waals surface area contributed by atoms with Crippen LogP contribution >= 0.6 is 11.6 Å². The normalized spacial score (nSPS) is 19.2. The van der Waals surface area contributed by atoms with E-state index in [-0.39, 0.29) is 16.9 Å². The van der Waals surface area contributed by atoms with Crippen molar-refractivity contribution in [2.24, 2.45) is 0 Å². The van der Waals surface area contributed by atoms with Crippen LogP contribution in [0.2, 0.25) is 5.02 Å². The summed E-state index contributed by atoms with van der Waals surface area (Å²) in [5.74, 6) is -7.55.